The van der Waals surface area contributed by atoms with Gasteiger partial charge in [0.2, 0.25) is 0 Å². The van der Waals surface area contributed by atoms with Gasteiger partial charge in [0, 0.05) is 11.8 Å². The van der Waals surface area contributed by atoms with Gasteiger partial charge < -0.3 is 0 Å². The zero-order valence-electron chi connectivity index (χ0n) is 9.42. The van der Waals surface area contributed by atoms with Crippen LogP contribution < -0.4 is 5.43 Å². The predicted molar refractivity (Wildman–Crippen MR) is 66.7 cm³/mol. The van der Waals surface area contributed by atoms with Crippen LogP contribution in [0.1, 0.15) is 25.3 Å². The van der Waals surface area contributed by atoms with Gasteiger partial charge in [-0.3, -0.25) is 5.43 Å². The fraction of sp³-hybridized carbons (Fsp3) is 0.273. The molecule has 1 N–H and O–H groups in total. The van der Waals surface area contributed by atoms with E-state index >= 15 is 0 Å². The van der Waals surface area contributed by atoms with E-state index in [1.807, 2.05) is 6.92 Å². The van der Waals surface area contributed by atoms with Crippen LogP contribution in [0.2, 0.25) is 0 Å². The number of fused-ring (bicyclic) bond motifs is 1. The number of nitrogens with zero attached hydrogens (tertiary/aromatic N) is 2. The van der Waals surface area contributed by atoms with Gasteiger partial charge in [0.25, 0.3) is 10.0 Å². The number of hydrazone groups is 1. The van der Waals surface area contributed by atoms with E-state index in [1.54, 1.807) is 30.5 Å². The van der Waals surface area contributed by atoms with E-state index in [0.29, 0.717) is 5.56 Å². The Morgan fingerprint density at radius 1 is 1.41 bits per heavy atom. The molecule has 1 aliphatic heterocycles. The Balaban J connectivity index is 2.26. The molecule has 2 rings (SSSR count). The van der Waals surface area contributed by atoms with E-state index in [1.165, 1.54) is 0 Å². The van der Waals surface area contributed by atoms with Gasteiger partial charge in [0.1, 0.15) is 4.90 Å². The molecular formula is C11H13N3O2S. The molecule has 0 unspecified atom stereocenters. The van der Waals surface area contributed by atoms with Gasteiger partial charge in [0.05, 0.1) is 0 Å². The Morgan fingerprint density at radius 3 is 2.94 bits per heavy atom. The van der Waals surface area contributed by atoms with E-state index < -0.39 is 10.0 Å². The molecule has 0 bridgehead atoms. The van der Waals surface area contributed by atoms with Gasteiger partial charge in [-0.05, 0) is 18.6 Å². The van der Waals surface area contributed by atoms with Crippen LogP contribution in [0.15, 0.2) is 38.7 Å². The molecule has 1 heterocycles. The summed E-state index contributed by atoms with van der Waals surface area (Å²) in [7, 11) is -3.55. The highest BCUT2D eigenvalue weighted by Crippen LogP contribution is 2.24. The van der Waals surface area contributed by atoms with Gasteiger partial charge in [-0.2, -0.15) is 13.5 Å². The summed E-state index contributed by atoms with van der Waals surface area (Å²) in [5, 5.41) is 3.94. The highest BCUT2D eigenvalue weighted by Gasteiger charge is 2.27. The minimum absolute atomic E-state index is 0.230. The van der Waals surface area contributed by atoms with Crippen molar-refractivity contribution in [3.8, 4) is 0 Å². The van der Waals surface area contributed by atoms with Crippen LogP contribution in [0.4, 0.5) is 0 Å². The Labute approximate surface area is 100 Å². The predicted octanol–water partition coefficient (Wildman–Crippen LogP) is 1.51. The summed E-state index contributed by atoms with van der Waals surface area (Å²) in [6.45, 7) is 2.04. The highest BCUT2D eigenvalue weighted by molar-refractivity contribution is 7.90. The molecule has 1 aliphatic rings. The molecule has 17 heavy (non-hydrogen) atoms. The summed E-state index contributed by atoms with van der Waals surface area (Å²) in [6, 6.07) is 6.70. The third-order valence-electron chi connectivity index (χ3n) is 2.31. The van der Waals surface area contributed by atoms with Crippen LogP contribution in [0, 0.1) is 0 Å². The van der Waals surface area contributed by atoms with Gasteiger partial charge in [-0.1, -0.05) is 25.5 Å². The second-order valence-corrected chi connectivity index (χ2v) is 5.20. The van der Waals surface area contributed by atoms with Crippen molar-refractivity contribution in [3.05, 3.63) is 29.8 Å². The van der Waals surface area contributed by atoms with Gasteiger partial charge in [0.15, 0.2) is 5.84 Å². The van der Waals surface area contributed by atoms with Crippen LogP contribution >= 0.6 is 0 Å². The first kappa shape index (κ1) is 11.8. The molecular weight excluding hydrogens is 238 g/mol. The van der Waals surface area contributed by atoms with Gasteiger partial charge in [-0.15, -0.1) is 4.40 Å². The third-order valence-corrected chi connectivity index (χ3v) is 3.65. The number of unbranched alkanes of at least 4 members (excludes halogenated alkanes) is 1. The Morgan fingerprint density at radius 2 is 2.18 bits per heavy atom. The summed E-state index contributed by atoms with van der Waals surface area (Å²) in [4.78, 5) is 0.230. The molecule has 6 heteroatoms. The lowest BCUT2D eigenvalue weighted by Crippen LogP contribution is -2.16. The standard InChI is InChI=1S/C11H13N3O2S/c1-2-3-8-12-13-11-9-6-4-5-7-10(9)17(15,16)14-11/h4-8H,2-3H2,1H3,(H,13,14)/b12-8+. The molecule has 0 saturated carbocycles. The van der Waals surface area contributed by atoms with Crippen molar-refractivity contribution in [2.45, 2.75) is 24.7 Å². The van der Waals surface area contributed by atoms with Crippen molar-refractivity contribution in [2.24, 2.45) is 9.50 Å². The minimum Gasteiger partial charge on any atom is -0.260 e. The fourth-order valence-electron chi connectivity index (χ4n) is 1.49. The summed E-state index contributed by atoms with van der Waals surface area (Å²) >= 11 is 0. The first-order valence-corrected chi connectivity index (χ1v) is 6.81. The molecule has 0 radical (unpaired) electrons. The Kier molecular flexibility index (Phi) is 3.23. The van der Waals surface area contributed by atoms with Crippen molar-refractivity contribution in [2.75, 3.05) is 0 Å². The minimum atomic E-state index is -3.55. The number of benzene rings is 1. The molecule has 0 aliphatic carbocycles. The maximum absolute atomic E-state index is 11.7. The number of hydrogen-bond acceptors (Lipinski definition) is 4. The molecule has 5 nitrogen and oxygen atoms in total. The topological polar surface area (TPSA) is 70.9 Å². The van der Waals surface area contributed by atoms with Crippen LogP contribution in [0.25, 0.3) is 0 Å². The molecule has 0 fully saturated rings. The van der Waals surface area contributed by atoms with E-state index in [2.05, 4.69) is 14.9 Å². The van der Waals surface area contributed by atoms with Gasteiger partial charge >= 0.3 is 0 Å². The molecule has 90 valence electrons. The largest absolute Gasteiger partial charge is 0.285 e. The molecule has 0 aromatic heterocycles. The van der Waals surface area contributed by atoms with Crippen molar-refractivity contribution >= 4 is 22.1 Å². The second kappa shape index (κ2) is 4.67. The quantitative estimate of drug-likeness (QED) is 0.654. The van der Waals surface area contributed by atoms with Crippen molar-refractivity contribution in [1.29, 1.82) is 0 Å². The lowest BCUT2D eigenvalue weighted by molar-refractivity contribution is 0.599. The van der Waals surface area contributed by atoms with E-state index in [0.717, 1.165) is 12.8 Å². The second-order valence-electron chi connectivity index (χ2n) is 3.62. The maximum Gasteiger partial charge on any atom is 0.285 e. The highest BCUT2D eigenvalue weighted by atomic mass is 32.2. The first-order valence-electron chi connectivity index (χ1n) is 5.37. The van der Waals surface area contributed by atoms with Crippen LogP contribution in [-0.4, -0.2) is 20.5 Å². The zero-order valence-corrected chi connectivity index (χ0v) is 10.2. The van der Waals surface area contributed by atoms with Gasteiger partial charge in [-0.25, -0.2) is 0 Å². The molecule has 0 amide bonds. The van der Waals surface area contributed by atoms with E-state index in [9.17, 15) is 8.42 Å². The van der Waals surface area contributed by atoms with Crippen LogP contribution in [0.5, 0.6) is 0 Å². The lowest BCUT2D eigenvalue weighted by Gasteiger charge is -1.99. The van der Waals surface area contributed by atoms with Crippen LogP contribution in [0.3, 0.4) is 0 Å². The van der Waals surface area contributed by atoms with Crippen molar-refractivity contribution < 1.29 is 8.42 Å². The molecule has 0 spiro atoms. The fourth-order valence-corrected chi connectivity index (χ4v) is 2.66. The van der Waals surface area contributed by atoms with E-state index in [4.69, 9.17) is 0 Å². The Hall–Kier alpha value is -1.69. The van der Waals surface area contributed by atoms with Crippen LogP contribution in [-0.2, 0) is 10.0 Å². The van der Waals surface area contributed by atoms with Crippen molar-refractivity contribution in [3.63, 3.8) is 0 Å². The SMILES string of the molecule is CCC/C=N/NC1=NS(=O)(=O)c2ccccc21. The number of rotatable bonds is 3. The summed E-state index contributed by atoms with van der Waals surface area (Å²) in [6.07, 6.45) is 3.54. The average molecular weight is 251 g/mol. The molecule has 0 saturated heterocycles. The van der Waals surface area contributed by atoms with Crippen molar-refractivity contribution in [1.82, 2.24) is 5.43 Å². The lowest BCUT2D eigenvalue weighted by atomic mass is 10.2. The van der Waals surface area contributed by atoms with E-state index in [-0.39, 0.29) is 10.7 Å². The molecule has 1 aromatic carbocycles. The normalized spacial score (nSPS) is 16.9. The smallest absolute Gasteiger partial charge is 0.260 e. The summed E-state index contributed by atoms with van der Waals surface area (Å²) in [5.74, 6) is 0.285. The maximum atomic E-state index is 11.7. The molecule has 0 atom stereocenters. The summed E-state index contributed by atoms with van der Waals surface area (Å²) in [5.41, 5.74) is 3.24. The number of amidine groups is 1. The number of nitrogens with one attached hydrogen (secondary N) is 1. The number of hydrogen-bond donors (Lipinski definition) is 1. The number of sulfonamides is 1. The Bertz CT molecular complexity index is 576. The third kappa shape index (κ3) is 2.36. The summed E-state index contributed by atoms with van der Waals surface area (Å²) < 4.78 is 27.0. The zero-order chi connectivity index (χ0) is 12.3. The first-order chi connectivity index (χ1) is 8.15. The molecule has 1 aromatic rings. The average Bonchev–Trinajstić information content (AvgIpc) is 2.58. The monoisotopic (exact) mass is 251 g/mol.